The molecule has 158 valence electrons. The van der Waals surface area contributed by atoms with Gasteiger partial charge in [-0.2, -0.15) is 0 Å². The van der Waals surface area contributed by atoms with Crippen LogP contribution in [0.25, 0.3) is 22.6 Å². The highest BCUT2D eigenvalue weighted by atomic mass is 32.2. The summed E-state index contributed by atoms with van der Waals surface area (Å²) in [6.07, 6.45) is 0.900. The minimum Gasteiger partial charge on any atom is -0.493 e. The van der Waals surface area contributed by atoms with Crippen LogP contribution >= 0.6 is 11.8 Å². The summed E-state index contributed by atoms with van der Waals surface area (Å²) >= 11 is 1.40. The third kappa shape index (κ3) is 3.46. The number of carbonyl (C=O) groups excluding carboxylic acids is 1. The lowest BCUT2D eigenvalue weighted by Gasteiger charge is -2.16. The van der Waals surface area contributed by atoms with Crippen LogP contribution in [0.3, 0.4) is 0 Å². The van der Waals surface area contributed by atoms with E-state index < -0.39 is 0 Å². The Morgan fingerprint density at radius 2 is 2.06 bits per heavy atom. The zero-order valence-electron chi connectivity index (χ0n) is 17.4. The number of furan rings is 1. The van der Waals surface area contributed by atoms with E-state index in [1.165, 1.54) is 17.3 Å². The minimum atomic E-state index is 0.0793. The molecule has 1 aliphatic rings. The van der Waals surface area contributed by atoms with E-state index in [4.69, 9.17) is 9.15 Å². The second-order valence-electron chi connectivity index (χ2n) is 7.25. The molecule has 0 atom stereocenters. The van der Waals surface area contributed by atoms with E-state index in [0.29, 0.717) is 40.4 Å². The first kappa shape index (κ1) is 19.7. The first-order valence-electron chi connectivity index (χ1n) is 10.2. The number of hydrogen-bond acceptors (Lipinski definition) is 6. The van der Waals surface area contributed by atoms with E-state index in [-0.39, 0.29) is 5.91 Å². The van der Waals surface area contributed by atoms with Crippen molar-refractivity contribution in [1.29, 1.82) is 0 Å². The van der Waals surface area contributed by atoms with Gasteiger partial charge < -0.3 is 14.1 Å². The maximum absolute atomic E-state index is 12.9. The summed E-state index contributed by atoms with van der Waals surface area (Å²) in [5.74, 6) is 2.33. The molecule has 0 N–H and O–H groups in total. The number of benzene rings is 2. The predicted molar refractivity (Wildman–Crippen MR) is 121 cm³/mol. The summed E-state index contributed by atoms with van der Waals surface area (Å²) in [4.78, 5) is 14.7. The number of carbonyl (C=O) groups is 1. The van der Waals surface area contributed by atoms with Crippen molar-refractivity contribution in [3.05, 3.63) is 54.1 Å². The van der Waals surface area contributed by atoms with Gasteiger partial charge in [-0.1, -0.05) is 42.1 Å². The van der Waals surface area contributed by atoms with E-state index in [1.54, 1.807) is 7.11 Å². The van der Waals surface area contributed by atoms with Crippen LogP contribution in [0.4, 0.5) is 5.69 Å². The Kier molecular flexibility index (Phi) is 5.15. The van der Waals surface area contributed by atoms with Gasteiger partial charge in [0.2, 0.25) is 11.7 Å². The van der Waals surface area contributed by atoms with Crippen LogP contribution in [0, 0.1) is 0 Å². The quantitative estimate of drug-likeness (QED) is 0.419. The molecule has 3 heterocycles. The molecule has 8 heteroatoms. The number of para-hydroxylation sites is 2. The Labute approximate surface area is 184 Å². The van der Waals surface area contributed by atoms with Gasteiger partial charge in [-0.15, -0.1) is 10.2 Å². The molecule has 0 spiro atoms. The van der Waals surface area contributed by atoms with E-state index in [2.05, 4.69) is 16.3 Å². The topological polar surface area (TPSA) is 73.4 Å². The molecule has 2 aromatic heterocycles. The SMILES string of the molecule is CCn1c(SCC(=O)N2CCc3ccccc32)nnc1-c1cc2cccc(OC)c2o1. The molecule has 4 aromatic rings. The molecular formula is C23H22N4O3S. The lowest BCUT2D eigenvalue weighted by molar-refractivity contribution is -0.116. The van der Waals surface area contributed by atoms with Crippen LogP contribution in [-0.2, 0) is 17.8 Å². The maximum atomic E-state index is 12.9. The van der Waals surface area contributed by atoms with Crippen LogP contribution < -0.4 is 9.64 Å². The number of hydrogen-bond donors (Lipinski definition) is 0. The van der Waals surface area contributed by atoms with Crippen molar-refractivity contribution >= 4 is 34.3 Å². The number of methoxy groups -OCH3 is 1. The van der Waals surface area contributed by atoms with Crippen LogP contribution in [0.5, 0.6) is 5.75 Å². The highest BCUT2D eigenvalue weighted by Gasteiger charge is 2.25. The molecule has 2 aromatic carbocycles. The normalized spacial score (nSPS) is 13.0. The Balaban J connectivity index is 1.37. The predicted octanol–water partition coefficient (Wildman–Crippen LogP) is 4.40. The van der Waals surface area contributed by atoms with E-state index >= 15 is 0 Å². The monoisotopic (exact) mass is 434 g/mol. The molecule has 0 unspecified atom stereocenters. The molecule has 7 nitrogen and oxygen atoms in total. The molecule has 5 rings (SSSR count). The van der Waals surface area contributed by atoms with Crippen molar-refractivity contribution < 1.29 is 13.9 Å². The second-order valence-corrected chi connectivity index (χ2v) is 8.19. The molecule has 0 radical (unpaired) electrons. The summed E-state index contributed by atoms with van der Waals surface area (Å²) in [6.45, 7) is 3.42. The van der Waals surface area contributed by atoms with Gasteiger partial charge in [-0.25, -0.2) is 0 Å². The van der Waals surface area contributed by atoms with E-state index in [0.717, 1.165) is 24.0 Å². The molecule has 0 aliphatic carbocycles. The summed E-state index contributed by atoms with van der Waals surface area (Å²) in [7, 11) is 1.62. The Morgan fingerprint density at radius 1 is 1.19 bits per heavy atom. The molecular weight excluding hydrogens is 412 g/mol. The van der Waals surface area contributed by atoms with Crippen molar-refractivity contribution in [2.75, 3.05) is 24.3 Å². The summed E-state index contributed by atoms with van der Waals surface area (Å²) in [5.41, 5.74) is 2.92. The summed E-state index contributed by atoms with van der Waals surface area (Å²) in [5, 5.41) is 10.3. The van der Waals surface area contributed by atoms with Crippen molar-refractivity contribution in [3.8, 4) is 17.3 Å². The van der Waals surface area contributed by atoms with Crippen molar-refractivity contribution in [2.24, 2.45) is 0 Å². The summed E-state index contributed by atoms with van der Waals surface area (Å²) in [6, 6.07) is 15.8. The van der Waals surface area contributed by atoms with Gasteiger partial charge in [-0.05, 0) is 37.1 Å². The van der Waals surface area contributed by atoms with Gasteiger partial charge in [0.05, 0.1) is 12.9 Å². The number of amides is 1. The number of anilines is 1. The fourth-order valence-corrected chi connectivity index (χ4v) is 4.85. The lowest BCUT2D eigenvalue weighted by Crippen LogP contribution is -2.30. The number of nitrogens with zero attached hydrogens (tertiary/aromatic N) is 4. The largest absolute Gasteiger partial charge is 0.493 e. The van der Waals surface area contributed by atoms with Gasteiger partial charge in [-0.3, -0.25) is 9.36 Å². The van der Waals surface area contributed by atoms with Crippen LogP contribution in [0.15, 0.2) is 58.1 Å². The number of ether oxygens (including phenoxy) is 1. The number of thioether (sulfide) groups is 1. The molecule has 31 heavy (non-hydrogen) atoms. The molecule has 1 aliphatic heterocycles. The first-order chi connectivity index (χ1) is 15.2. The molecule has 0 fully saturated rings. The maximum Gasteiger partial charge on any atom is 0.237 e. The Bertz CT molecular complexity index is 1260. The fourth-order valence-electron chi connectivity index (χ4n) is 3.97. The zero-order valence-corrected chi connectivity index (χ0v) is 18.2. The van der Waals surface area contributed by atoms with Crippen LogP contribution in [0.2, 0.25) is 0 Å². The van der Waals surface area contributed by atoms with Crippen molar-refractivity contribution in [1.82, 2.24) is 14.8 Å². The highest BCUT2D eigenvalue weighted by Crippen LogP contribution is 2.34. The number of fused-ring (bicyclic) bond motifs is 2. The fraction of sp³-hybridized carbons (Fsp3) is 0.261. The van der Waals surface area contributed by atoms with Gasteiger partial charge in [0.1, 0.15) is 0 Å². The number of rotatable bonds is 6. The zero-order chi connectivity index (χ0) is 21.4. The Hall–Kier alpha value is -3.26. The van der Waals surface area contributed by atoms with E-state index in [1.807, 2.05) is 58.9 Å². The van der Waals surface area contributed by atoms with Crippen molar-refractivity contribution in [3.63, 3.8) is 0 Å². The molecule has 0 bridgehead atoms. The number of aromatic nitrogens is 3. The highest BCUT2D eigenvalue weighted by molar-refractivity contribution is 7.99. The van der Waals surface area contributed by atoms with Gasteiger partial charge in [0.25, 0.3) is 0 Å². The first-order valence-corrected chi connectivity index (χ1v) is 11.2. The lowest BCUT2D eigenvalue weighted by atomic mass is 10.2. The molecule has 0 saturated heterocycles. The summed E-state index contributed by atoms with van der Waals surface area (Å²) < 4.78 is 13.4. The third-order valence-electron chi connectivity index (χ3n) is 5.49. The average Bonchev–Trinajstić information content (AvgIpc) is 3.52. The van der Waals surface area contributed by atoms with Crippen LogP contribution in [-0.4, -0.2) is 40.1 Å². The average molecular weight is 435 g/mol. The third-order valence-corrected chi connectivity index (χ3v) is 6.45. The van der Waals surface area contributed by atoms with Gasteiger partial charge in [0, 0.05) is 24.2 Å². The van der Waals surface area contributed by atoms with E-state index in [9.17, 15) is 4.79 Å². The standard InChI is InChI=1S/C23H22N4O3S/c1-3-26-22(19-13-16-8-6-10-18(29-2)21(16)30-19)24-25-23(26)31-14-20(28)27-12-11-15-7-4-5-9-17(15)27/h4-10,13H,3,11-12,14H2,1-2H3. The molecule has 1 amide bonds. The smallest absolute Gasteiger partial charge is 0.237 e. The second kappa shape index (κ2) is 8.11. The Morgan fingerprint density at radius 3 is 2.90 bits per heavy atom. The minimum absolute atomic E-state index is 0.0793. The molecule has 0 saturated carbocycles. The van der Waals surface area contributed by atoms with Crippen LogP contribution in [0.1, 0.15) is 12.5 Å². The van der Waals surface area contributed by atoms with Crippen molar-refractivity contribution in [2.45, 2.75) is 25.0 Å². The van der Waals surface area contributed by atoms with Gasteiger partial charge in [0.15, 0.2) is 22.2 Å². The van der Waals surface area contributed by atoms with Gasteiger partial charge >= 0.3 is 0 Å².